The first-order valence-electron chi connectivity index (χ1n) is 8.62. The second-order valence-corrected chi connectivity index (χ2v) is 6.18. The lowest BCUT2D eigenvalue weighted by molar-refractivity contribution is 0.354. The molecule has 0 unspecified atom stereocenters. The number of fused-ring (bicyclic) bond motifs is 1. The van der Waals surface area contributed by atoms with E-state index in [1.165, 1.54) is 24.2 Å². The van der Waals surface area contributed by atoms with Crippen LogP contribution >= 0.6 is 0 Å². The Bertz CT molecular complexity index is 660. The molecule has 5 nitrogen and oxygen atoms in total. The molecule has 0 spiro atoms. The van der Waals surface area contributed by atoms with Crippen molar-refractivity contribution in [1.82, 2.24) is 14.9 Å². The number of imidazole rings is 1. The van der Waals surface area contributed by atoms with Crippen LogP contribution in [0, 0.1) is 0 Å². The fourth-order valence-corrected chi connectivity index (χ4v) is 3.46. The SMILES string of the molecule is CCCCc1nc2cc(OC)c(OC)cc2n1C1CCNCC1. The number of rotatable bonds is 6. The molecule has 0 atom stereocenters. The first kappa shape index (κ1) is 16.1. The van der Waals surface area contributed by atoms with Crippen molar-refractivity contribution >= 4 is 11.0 Å². The maximum atomic E-state index is 5.50. The number of piperidine rings is 1. The van der Waals surface area contributed by atoms with Crippen molar-refractivity contribution < 1.29 is 9.47 Å². The number of unbranched alkanes of at least 4 members (excludes halogenated alkanes) is 1. The van der Waals surface area contributed by atoms with Gasteiger partial charge in [-0.2, -0.15) is 0 Å². The van der Waals surface area contributed by atoms with E-state index in [4.69, 9.17) is 14.5 Å². The maximum absolute atomic E-state index is 5.50. The zero-order valence-electron chi connectivity index (χ0n) is 14.4. The first-order valence-corrected chi connectivity index (χ1v) is 8.62. The number of aromatic nitrogens is 2. The Kier molecular flexibility index (Phi) is 5.06. The average Bonchev–Trinajstić information content (AvgIpc) is 2.96. The third-order valence-electron chi connectivity index (χ3n) is 4.70. The van der Waals surface area contributed by atoms with Crippen molar-refractivity contribution in [2.75, 3.05) is 27.3 Å². The van der Waals surface area contributed by atoms with Crippen LogP contribution in [0.3, 0.4) is 0 Å². The molecular weight excluding hydrogens is 290 g/mol. The molecule has 2 heterocycles. The van der Waals surface area contributed by atoms with Crippen molar-refractivity contribution in [3.05, 3.63) is 18.0 Å². The van der Waals surface area contributed by atoms with E-state index in [0.29, 0.717) is 6.04 Å². The minimum Gasteiger partial charge on any atom is -0.493 e. The van der Waals surface area contributed by atoms with Crippen LogP contribution in [0.15, 0.2) is 12.1 Å². The normalized spacial score (nSPS) is 16.0. The average molecular weight is 317 g/mol. The highest BCUT2D eigenvalue weighted by Gasteiger charge is 2.22. The van der Waals surface area contributed by atoms with Gasteiger partial charge < -0.3 is 19.4 Å². The molecule has 0 aliphatic carbocycles. The largest absolute Gasteiger partial charge is 0.493 e. The molecule has 0 amide bonds. The second-order valence-electron chi connectivity index (χ2n) is 6.18. The Balaban J connectivity index is 2.11. The summed E-state index contributed by atoms with van der Waals surface area (Å²) in [7, 11) is 3.36. The van der Waals surface area contributed by atoms with Crippen molar-refractivity contribution in [2.45, 2.75) is 45.1 Å². The summed E-state index contributed by atoms with van der Waals surface area (Å²) in [5.41, 5.74) is 2.17. The molecule has 1 aliphatic heterocycles. The third-order valence-corrected chi connectivity index (χ3v) is 4.70. The summed E-state index contributed by atoms with van der Waals surface area (Å²) in [6.45, 7) is 4.37. The van der Waals surface area contributed by atoms with Crippen LogP contribution < -0.4 is 14.8 Å². The number of nitrogens with one attached hydrogen (secondary N) is 1. The molecule has 126 valence electrons. The predicted octanol–water partition coefficient (Wildman–Crippen LogP) is 3.32. The highest BCUT2D eigenvalue weighted by molar-refractivity contribution is 5.81. The van der Waals surface area contributed by atoms with Crippen LogP contribution in [-0.2, 0) is 6.42 Å². The summed E-state index contributed by atoms with van der Waals surface area (Å²) >= 11 is 0. The maximum Gasteiger partial charge on any atom is 0.163 e. The van der Waals surface area contributed by atoms with E-state index in [-0.39, 0.29) is 0 Å². The van der Waals surface area contributed by atoms with Gasteiger partial charge in [0.1, 0.15) is 5.82 Å². The van der Waals surface area contributed by atoms with Gasteiger partial charge >= 0.3 is 0 Å². The second kappa shape index (κ2) is 7.21. The molecular formula is C18H27N3O2. The van der Waals surface area contributed by atoms with Gasteiger partial charge in [-0.15, -0.1) is 0 Å². The molecule has 1 saturated heterocycles. The highest BCUT2D eigenvalue weighted by atomic mass is 16.5. The number of hydrogen-bond acceptors (Lipinski definition) is 4. The number of hydrogen-bond donors (Lipinski definition) is 1. The van der Waals surface area contributed by atoms with E-state index in [9.17, 15) is 0 Å². The lowest BCUT2D eigenvalue weighted by atomic mass is 10.1. The predicted molar refractivity (Wildman–Crippen MR) is 92.6 cm³/mol. The van der Waals surface area contributed by atoms with Crippen LogP contribution in [0.25, 0.3) is 11.0 Å². The van der Waals surface area contributed by atoms with Crippen LogP contribution in [0.2, 0.25) is 0 Å². The van der Waals surface area contributed by atoms with Crippen molar-refractivity contribution in [3.8, 4) is 11.5 Å². The topological polar surface area (TPSA) is 48.3 Å². The Hall–Kier alpha value is -1.75. The van der Waals surface area contributed by atoms with Gasteiger partial charge in [0, 0.05) is 24.6 Å². The summed E-state index contributed by atoms with van der Waals surface area (Å²) in [5, 5.41) is 3.45. The van der Waals surface area contributed by atoms with Gasteiger partial charge in [0.05, 0.1) is 25.3 Å². The molecule has 1 aliphatic rings. The molecule has 0 saturated carbocycles. The number of nitrogens with zero attached hydrogens (tertiary/aromatic N) is 2. The van der Waals surface area contributed by atoms with E-state index in [2.05, 4.69) is 22.9 Å². The van der Waals surface area contributed by atoms with E-state index in [1.807, 2.05) is 6.07 Å². The van der Waals surface area contributed by atoms with E-state index in [1.54, 1.807) is 14.2 Å². The zero-order valence-corrected chi connectivity index (χ0v) is 14.4. The number of methoxy groups -OCH3 is 2. The Morgan fingerprint density at radius 1 is 1.17 bits per heavy atom. The molecule has 2 aromatic rings. The van der Waals surface area contributed by atoms with E-state index >= 15 is 0 Å². The number of ether oxygens (including phenoxy) is 2. The zero-order chi connectivity index (χ0) is 16.2. The first-order chi connectivity index (χ1) is 11.3. The third kappa shape index (κ3) is 3.15. The number of benzene rings is 1. The van der Waals surface area contributed by atoms with Crippen LogP contribution in [0.5, 0.6) is 11.5 Å². The highest BCUT2D eigenvalue weighted by Crippen LogP contribution is 2.35. The summed E-state index contributed by atoms with van der Waals surface area (Å²) in [4.78, 5) is 4.92. The van der Waals surface area contributed by atoms with Crippen LogP contribution in [0.1, 0.15) is 44.5 Å². The molecule has 1 aromatic carbocycles. The lowest BCUT2D eigenvalue weighted by Crippen LogP contribution is -2.30. The van der Waals surface area contributed by atoms with Gasteiger partial charge in [0.25, 0.3) is 0 Å². The Morgan fingerprint density at radius 2 is 1.87 bits per heavy atom. The molecule has 1 N–H and O–H groups in total. The summed E-state index contributed by atoms with van der Waals surface area (Å²) < 4.78 is 13.4. The minimum absolute atomic E-state index is 0.520. The van der Waals surface area contributed by atoms with Gasteiger partial charge in [-0.1, -0.05) is 13.3 Å². The van der Waals surface area contributed by atoms with Crippen LogP contribution in [0.4, 0.5) is 0 Å². The number of aryl methyl sites for hydroxylation is 1. The lowest BCUT2D eigenvalue weighted by Gasteiger charge is -2.26. The van der Waals surface area contributed by atoms with E-state index in [0.717, 1.165) is 49.4 Å². The molecule has 5 heteroatoms. The van der Waals surface area contributed by atoms with Gasteiger partial charge in [-0.05, 0) is 32.4 Å². The van der Waals surface area contributed by atoms with Gasteiger partial charge in [0.2, 0.25) is 0 Å². The monoisotopic (exact) mass is 317 g/mol. The van der Waals surface area contributed by atoms with E-state index < -0.39 is 0 Å². The van der Waals surface area contributed by atoms with Gasteiger partial charge in [0.15, 0.2) is 11.5 Å². The molecule has 1 aromatic heterocycles. The smallest absolute Gasteiger partial charge is 0.163 e. The quantitative estimate of drug-likeness (QED) is 0.888. The Morgan fingerprint density at radius 3 is 2.52 bits per heavy atom. The fraction of sp³-hybridized carbons (Fsp3) is 0.611. The van der Waals surface area contributed by atoms with Crippen molar-refractivity contribution in [1.29, 1.82) is 0 Å². The van der Waals surface area contributed by atoms with Gasteiger partial charge in [-0.25, -0.2) is 4.98 Å². The standard InChI is InChI=1S/C18H27N3O2/c1-4-5-6-18-20-14-11-16(22-2)17(23-3)12-15(14)21(18)13-7-9-19-10-8-13/h11-13,19H,4-10H2,1-3H3. The van der Waals surface area contributed by atoms with Gasteiger partial charge in [-0.3, -0.25) is 0 Å². The van der Waals surface area contributed by atoms with Crippen LogP contribution in [-0.4, -0.2) is 36.9 Å². The summed E-state index contributed by atoms with van der Waals surface area (Å²) in [6, 6.07) is 4.60. The molecule has 23 heavy (non-hydrogen) atoms. The molecule has 3 rings (SSSR count). The van der Waals surface area contributed by atoms with Crippen molar-refractivity contribution in [2.24, 2.45) is 0 Å². The summed E-state index contributed by atoms with van der Waals surface area (Å²) in [5.74, 6) is 2.72. The van der Waals surface area contributed by atoms with Crippen molar-refractivity contribution in [3.63, 3.8) is 0 Å². The fourth-order valence-electron chi connectivity index (χ4n) is 3.46. The molecule has 0 bridgehead atoms. The minimum atomic E-state index is 0.520. The molecule has 0 radical (unpaired) electrons. The molecule has 1 fully saturated rings. The Labute approximate surface area is 138 Å². The summed E-state index contributed by atoms with van der Waals surface area (Å²) in [6.07, 6.45) is 5.68.